The van der Waals surface area contributed by atoms with Gasteiger partial charge in [-0.15, -0.1) is 0 Å². The van der Waals surface area contributed by atoms with Crippen molar-refractivity contribution >= 4 is 11.6 Å². The van der Waals surface area contributed by atoms with E-state index in [0.717, 1.165) is 30.3 Å². The van der Waals surface area contributed by atoms with Gasteiger partial charge in [-0.05, 0) is 36.6 Å². The lowest BCUT2D eigenvalue weighted by atomic mass is 10.0. The first-order valence-electron chi connectivity index (χ1n) is 5.53. The van der Waals surface area contributed by atoms with Gasteiger partial charge in [0.05, 0.1) is 11.6 Å². The van der Waals surface area contributed by atoms with Crippen LogP contribution in [0.15, 0.2) is 12.1 Å². The molecule has 0 aliphatic carbocycles. The van der Waals surface area contributed by atoms with E-state index < -0.39 is 0 Å². The van der Waals surface area contributed by atoms with E-state index in [1.807, 2.05) is 0 Å². The Morgan fingerprint density at radius 1 is 1.40 bits per heavy atom. The van der Waals surface area contributed by atoms with Crippen LogP contribution in [0, 0.1) is 0 Å². The zero-order valence-corrected chi connectivity index (χ0v) is 9.31. The molecular formula is C12H14ClNO. The quantitative estimate of drug-likeness (QED) is 0.791. The fraction of sp³-hybridized carbons (Fsp3) is 0.500. The second kappa shape index (κ2) is 3.69. The number of rotatable bonds is 1. The normalized spacial score (nSPS) is 23.9. The van der Waals surface area contributed by atoms with Crippen LogP contribution in [-0.2, 0) is 6.42 Å². The van der Waals surface area contributed by atoms with Crippen molar-refractivity contribution in [3.63, 3.8) is 0 Å². The van der Waals surface area contributed by atoms with Gasteiger partial charge in [-0.2, -0.15) is 0 Å². The summed E-state index contributed by atoms with van der Waals surface area (Å²) in [6.07, 6.45) is 3.47. The highest BCUT2D eigenvalue weighted by Crippen LogP contribution is 2.37. The van der Waals surface area contributed by atoms with Crippen molar-refractivity contribution in [2.24, 2.45) is 0 Å². The standard InChI is InChI=1S/C12H14ClNO/c13-10-7-9(11-2-1-4-14-11)6-8-3-5-15-12(8)10/h6-7,11,14H,1-5H2/t11-/m1/s1. The topological polar surface area (TPSA) is 21.3 Å². The number of benzene rings is 1. The van der Waals surface area contributed by atoms with Crippen LogP contribution in [0.2, 0.25) is 5.02 Å². The van der Waals surface area contributed by atoms with Crippen molar-refractivity contribution in [1.82, 2.24) is 5.32 Å². The highest BCUT2D eigenvalue weighted by molar-refractivity contribution is 6.32. The molecule has 80 valence electrons. The molecule has 2 aliphatic rings. The summed E-state index contributed by atoms with van der Waals surface area (Å²) in [5, 5.41) is 4.26. The molecule has 0 radical (unpaired) electrons. The zero-order chi connectivity index (χ0) is 10.3. The van der Waals surface area contributed by atoms with Crippen LogP contribution in [0.1, 0.15) is 30.0 Å². The molecule has 1 N–H and O–H groups in total. The minimum absolute atomic E-state index is 0.494. The summed E-state index contributed by atoms with van der Waals surface area (Å²) in [5.41, 5.74) is 2.59. The van der Waals surface area contributed by atoms with E-state index in [0.29, 0.717) is 6.04 Å². The van der Waals surface area contributed by atoms with Crippen molar-refractivity contribution in [3.8, 4) is 5.75 Å². The molecule has 3 rings (SSSR count). The van der Waals surface area contributed by atoms with Crippen molar-refractivity contribution < 1.29 is 4.74 Å². The zero-order valence-electron chi connectivity index (χ0n) is 8.55. The third-order valence-electron chi connectivity index (χ3n) is 3.22. The first kappa shape index (κ1) is 9.49. The molecule has 0 aromatic heterocycles. The predicted molar refractivity (Wildman–Crippen MR) is 60.6 cm³/mol. The van der Waals surface area contributed by atoms with Crippen LogP contribution in [0.3, 0.4) is 0 Å². The average molecular weight is 224 g/mol. The summed E-state index contributed by atoms with van der Waals surface area (Å²) >= 11 is 6.20. The van der Waals surface area contributed by atoms with Gasteiger partial charge in [0, 0.05) is 12.5 Å². The summed E-state index contributed by atoms with van der Waals surface area (Å²) < 4.78 is 5.49. The number of nitrogens with one attached hydrogen (secondary N) is 1. The van der Waals surface area contributed by atoms with Gasteiger partial charge in [-0.1, -0.05) is 17.7 Å². The predicted octanol–water partition coefficient (Wildman–Crippen LogP) is 2.70. The Morgan fingerprint density at radius 3 is 3.13 bits per heavy atom. The van der Waals surface area contributed by atoms with E-state index >= 15 is 0 Å². The Morgan fingerprint density at radius 2 is 2.33 bits per heavy atom. The second-order valence-corrected chi connectivity index (χ2v) is 4.65. The molecule has 2 aliphatic heterocycles. The Hall–Kier alpha value is -0.730. The third-order valence-corrected chi connectivity index (χ3v) is 3.50. The molecule has 0 amide bonds. The maximum absolute atomic E-state index is 6.20. The summed E-state index contributed by atoms with van der Waals surface area (Å²) in [4.78, 5) is 0. The monoisotopic (exact) mass is 223 g/mol. The van der Waals surface area contributed by atoms with E-state index in [1.165, 1.54) is 24.0 Å². The van der Waals surface area contributed by atoms with E-state index in [-0.39, 0.29) is 0 Å². The molecular weight excluding hydrogens is 210 g/mol. The van der Waals surface area contributed by atoms with E-state index in [4.69, 9.17) is 16.3 Å². The largest absolute Gasteiger partial charge is 0.491 e. The number of halogens is 1. The molecule has 2 nitrogen and oxygen atoms in total. The Balaban J connectivity index is 1.99. The number of hydrogen-bond acceptors (Lipinski definition) is 2. The van der Waals surface area contributed by atoms with Gasteiger partial charge in [0.2, 0.25) is 0 Å². The van der Waals surface area contributed by atoms with Gasteiger partial charge in [-0.3, -0.25) is 0 Å². The van der Waals surface area contributed by atoms with E-state index in [9.17, 15) is 0 Å². The van der Waals surface area contributed by atoms with Gasteiger partial charge < -0.3 is 10.1 Å². The summed E-state index contributed by atoms with van der Waals surface area (Å²) in [7, 11) is 0. The molecule has 0 unspecified atom stereocenters. The molecule has 15 heavy (non-hydrogen) atoms. The summed E-state index contributed by atoms with van der Waals surface area (Å²) in [5.74, 6) is 0.901. The van der Waals surface area contributed by atoms with Crippen LogP contribution in [0.25, 0.3) is 0 Å². The van der Waals surface area contributed by atoms with Crippen molar-refractivity contribution in [1.29, 1.82) is 0 Å². The molecule has 1 atom stereocenters. The fourth-order valence-corrected chi connectivity index (χ4v) is 2.76. The minimum Gasteiger partial charge on any atom is -0.491 e. The van der Waals surface area contributed by atoms with E-state index in [1.54, 1.807) is 0 Å². The van der Waals surface area contributed by atoms with Crippen LogP contribution >= 0.6 is 11.6 Å². The molecule has 1 fully saturated rings. The number of hydrogen-bond donors (Lipinski definition) is 1. The second-order valence-electron chi connectivity index (χ2n) is 4.24. The van der Waals surface area contributed by atoms with Gasteiger partial charge >= 0.3 is 0 Å². The molecule has 0 spiro atoms. The number of ether oxygens (including phenoxy) is 1. The van der Waals surface area contributed by atoms with Crippen LogP contribution in [0.4, 0.5) is 0 Å². The van der Waals surface area contributed by atoms with Gasteiger partial charge in [0.15, 0.2) is 0 Å². The van der Waals surface area contributed by atoms with Crippen molar-refractivity contribution in [3.05, 3.63) is 28.3 Å². The molecule has 1 aromatic rings. The Kier molecular flexibility index (Phi) is 2.33. The van der Waals surface area contributed by atoms with Crippen molar-refractivity contribution in [2.75, 3.05) is 13.2 Å². The van der Waals surface area contributed by atoms with Gasteiger partial charge in [0.1, 0.15) is 5.75 Å². The minimum atomic E-state index is 0.494. The maximum atomic E-state index is 6.20. The van der Waals surface area contributed by atoms with Crippen LogP contribution in [-0.4, -0.2) is 13.2 Å². The lowest BCUT2D eigenvalue weighted by molar-refractivity contribution is 0.357. The third kappa shape index (κ3) is 1.62. The van der Waals surface area contributed by atoms with Gasteiger partial charge in [0.25, 0.3) is 0 Å². The fourth-order valence-electron chi connectivity index (χ4n) is 2.45. The van der Waals surface area contributed by atoms with Crippen molar-refractivity contribution in [2.45, 2.75) is 25.3 Å². The summed E-state index contributed by atoms with van der Waals surface area (Å²) in [6, 6.07) is 4.79. The van der Waals surface area contributed by atoms with Crippen LogP contribution in [0.5, 0.6) is 5.75 Å². The lowest BCUT2D eigenvalue weighted by Gasteiger charge is -2.12. The highest BCUT2D eigenvalue weighted by Gasteiger charge is 2.22. The SMILES string of the molecule is Clc1cc([C@H]2CCCN2)cc2c1OCC2. The molecule has 0 saturated carbocycles. The average Bonchev–Trinajstić information content (AvgIpc) is 2.88. The molecule has 1 aromatic carbocycles. The number of fused-ring (bicyclic) bond motifs is 1. The molecule has 1 saturated heterocycles. The Labute approximate surface area is 94.6 Å². The Bertz CT molecular complexity index is 385. The summed E-state index contributed by atoms with van der Waals surface area (Å²) in [6.45, 7) is 1.90. The maximum Gasteiger partial charge on any atom is 0.141 e. The van der Waals surface area contributed by atoms with Crippen LogP contribution < -0.4 is 10.1 Å². The van der Waals surface area contributed by atoms with Gasteiger partial charge in [-0.25, -0.2) is 0 Å². The molecule has 3 heteroatoms. The smallest absolute Gasteiger partial charge is 0.141 e. The highest BCUT2D eigenvalue weighted by atomic mass is 35.5. The molecule has 0 bridgehead atoms. The first-order valence-corrected chi connectivity index (χ1v) is 5.91. The first-order chi connectivity index (χ1) is 7.34. The van der Waals surface area contributed by atoms with E-state index in [2.05, 4.69) is 17.4 Å². The lowest BCUT2D eigenvalue weighted by Crippen LogP contribution is -2.12. The molecule has 2 heterocycles.